The van der Waals surface area contributed by atoms with Crippen LogP contribution in [-0.2, 0) is 6.54 Å². The molecule has 1 aliphatic carbocycles. The van der Waals surface area contributed by atoms with Crippen molar-refractivity contribution in [2.45, 2.75) is 51.6 Å². The summed E-state index contributed by atoms with van der Waals surface area (Å²) in [5, 5.41) is 8.53. The third-order valence-electron chi connectivity index (χ3n) is 4.02. The van der Waals surface area contributed by atoms with Crippen LogP contribution in [0.25, 0.3) is 0 Å². The number of nitrogens with zero attached hydrogens (tertiary/aromatic N) is 3. The molecule has 0 radical (unpaired) electrons. The summed E-state index contributed by atoms with van der Waals surface area (Å²) in [6.07, 6.45) is 5.18. The zero-order valence-corrected chi connectivity index (χ0v) is 12.3. The third-order valence-corrected chi connectivity index (χ3v) is 5.22. The van der Waals surface area contributed by atoms with Crippen LogP contribution in [0.5, 0.6) is 0 Å². The second kappa shape index (κ2) is 5.15. The lowest BCUT2D eigenvalue weighted by Crippen LogP contribution is -2.46. The molecule has 0 aromatic carbocycles. The van der Waals surface area contributed by atoms with Gasteiger partial charge in [0.25, 0.3) is 0 Å². The third kappa shape index (κ3) is 2.94. The normalized spacial score (nSPS) is 32.9. The lowest BCUT2D eigenvalue weighted by molar-refractivity contribution is 0.251. The lowest BCUT2D eigenvalue weighted by atomic mass is 9.78. The van der Waals surface area contributed by atoms with Crippen molar-refractivity contribution >= 4 is 16.9 Å². The molecule has 1 N–H and O–H groups in total. The number of thioether (sulfide) groups is 1. The molecule has 2 fully saturated rings. The SMILES string of the molecule is Cc1nc(CN=C2NC3(CCC(C)CC3)CS2)no1. The molecule has 1 saturated heterocycles. The van der Waals surface area contributed by atoms with E-state index in [0.29, 0.717) is 23.8 Å². The maximum Gasteiger partial charge on any atom is 0.223 e. The number of hydrogen-bond donors (Lipinski definition) is 1. The Morgan fingerprint density at radius 1 is 1.47 bits per heavy atom. The molecule has 1 aliphatic heterocycles. The monoisotopic (exact) mass is 280 g/mol. The lowest BCUT2D eigenvalue weighted by Gasteiger charge is -2.35. The Labute approximate surface area is 117 Å². The van der Waals surface area contributed by atoms with E-state index in [1.54, 1.807) is 6.92 Å². The van der Waals surface area contributed by atoms with Crippen molar-refractivity contribution in [3.63, 3.8) is 0 Å². The fourth-order valence-electron chi connectivity index (χ4n) is 2.72. The summed E-state index contributed by atoms with van der Waals surface area (Å²) in [5.41, 5.74) is 0.295. The van der Waals surface area contributed by atoms with Gasteiger partial charge in [-0.3, -0.25) is 4.99 Å². The van der Waals surface area contributed by atoms with Gasteiger partial charge in [0.05, 0.1) is 0 Å². The van der Waals surface area contributed by atoms with Crippen molar-refractivity contribution in [1.29, 1.82) is 0 Å². The molecule has 1 spiro atoms. The van der Waals surface area contributed by atoms with Crippen LogP contribution in [0.15, 0.2) is 9.52 Å². The number of aryl methyl sites for hydroxylation is 1. The van der Waals surface area contributed by atoms with Crippen LogP contribution in [0.3, 0.4) is 0 Å². The Bertz CT molecular complexity index is 477. The summed E-state index contributed by atoms with van der Waals surface area (Å²) in [6.45, 7) is 4.64. The van der Waals surface area contributed by atoms with E-state index in [1.165, 1.54) is 25.7 Å². The zero-order chi connectivity index (χ0) is 13.3. The smallest absolute Gasteiger partial charge is 0.223 e. The number of aliphatic imine (C=N–C) groups is 1. The Kier molecular flexibility index (Phi) is 3.52. The van der Waals surface area contributed by atoms with Gasteiger partial charge >= 0.3 is 0 Å². The van der Waals surface area contributed by atoms with E-state index < -0.39 is 0 Å². The van der Waals surface area contributed by atoms with Crippen molar-refractivity contribution in [2.75, 3.05) is 5.75 Å². The fourth-order valence-corrected chi connectivity index (χ4v) is 3.94. The molecule has 2 aliphatic rings. The summed E-state index contributed by atoms with van der Waals surface area (Å²) in [4.78, 5) is 8.72. The van der Waals surface area contributed by atoms with Gasteiger partial charge < -0.3 is 9.84 Å². The Morgan fingerprint density at radius 2 is 2.26 bits per heavy atom. The van der Waals surface area contributed by atoms with E-state index in [9.17, 15) is 0 Å². The first-order chi connectivity index (χ1) is 9.15. The van der Waals surface area contributed by atoms with Gasteiger partial charge in [-0.2, -0.15) is 4.98 Å². The van der Waals surface area contributed by atoms with Gasteiger partial charge in [-0.05, 0) is 31.6 Å². The number of hydrogen-bond acceptors (Lipinski definition) is 5. The number of nitrogens with one attached hydrogen (secondary N) is 1. The average molecular weight is 280 g/mol. The highest BCUT2D eigenvalue weighted by molar-refractivity contribution is 8.14. The van der Waals surface area contributed by atoms with Gasteiger partial charge in [0, 0.05) is 18.2 Å². The van der Waals surface area contributed by atoms with Crippen molar-refractivity contribution in [3.05, 3.63) is 11.7 Å². The molecule has 0 unspecified atom stereocenters. The largest absolute Gasteiger partial charge is 0.359 e. The van der Waals surface area contributed by atoms with Gasteiger partial charge in [-0.25, -0.2) is 0 Å². The topological polar surface area (TPSA) is 63.3 Å². The quantitative estimate of drug-likeness (QED) is 0.902. The predicted molar refractivity (Wildman–Crippen MR) is 76.1 cm³/mol. The van der Waals surface area contributed by atoms with E-state index in [0.717, 1.165) is 16.8 Å². The van der Waals surface area contributed by atoms with Crippen LogP contribution in [-0.4, -0.2) is 26.6 Å². The predicted octanol–water partition coefficient (Wildman–Crippen LogP) is 2.52. The van der Waals surface area contributed by atoms with Crippen molar-refractivity contribution in [1.82, 2.24) is 15.5 Å². The molecule has 1 saturated carbocycles. The van der Waals surface area contributed by atoms with Crippen LogP contribution in [0, 0.1) is 12.8 Å². The highest BCUT2D eigenvalue weighted by Crippen LogP contribution is 2.38. The minimum Gasteiger partial charge on any atom is -0.359 e. The van der Waals surface area contributed by atoms with Crippen LogP contribution < -0.4 is 5.32 Å². The van der Waals surface area contributed by atoms with E-state index in [2.05, 4.69) is 27.4 Å². The first-order valence-corrected chi connectivity index (χ1v) is 7.88. The summed E-state index contributed by atoms with van der Waals surface area (Å²) < 4.78 is 4.94. The molecule has 0 bridgehead atoms. The zero-order valence-electron chi connectivity index (χ0n) is 11.5. The van der Waals surface area contributed by atoms with Crippen molar-refractivity contribution < 1.29 is 4.52 Å². The van der Waals surface area contributed by atoms with Gasteiger partial charge in [0.1, 0.15) is 6.54 Å². The molecule has 0 atom stereocenters. The standard InChI is InChI=1S/C13H20N4OS/c1-9-3-5-13(6-4-9)8-19-12(16-13)14-7-11-15-10(2)18-17-11/h9H,3-8H2,1-2H3,(H,14,16). The van der Waals surface area contributed by atoms with Gasteiger partial charge in [-0.15, -0.1) is 0 Å². The highest BCUT2D eigenvalue weighted by Gasteiger charge is 2.39. The van der Waals surface area contributed by atoms with Crippen LogP contribution in [0.1, 0.15) is 44.3 Å². The van der Waals surface area contributed by atoms with E-state index in [-0.39, 0.29) is 0 Å². The maximum atomic E-state index is 4.94. The van der Waals surface area contributed by atoms with Gasteiger partial charge in [0.15, 0.2) is 11.0 Å². The molecule has 2 heterocycles. The van der Waals surface area contributed by atoms with E-state index >= 15 is 0 Å². The van der Waals surface area contributed by atoms with Gasteiger partial charge in [0.2, 0.25) is 5.89 Å². The molecular formula is C13H20N4OS. The van der Waals surface area contributed by atoms with Crippen LogP contribution >= 0.6 is 11.8 Å². The summed E-state index contributed by atoms with van der Waals surface area (Å²) in [5.74, 6) is 3.27. The molecular weight excluding hydrogens is 260 g/mol. The van der Waals surface area contributed by atoms with E-state index in [1.807, 2.05) is 11.8 Å². The molecule has 6 heteroatoms. The first-order valence-electron chi connectivity index (χ1n) is 6.90. The molecule has 1 aromatic rings. The summed E-state index contributed by atoms with van der Waals surface area (Å²) in [6, 6.07) is 0. The number of rotatable bonds is 2. The summed E-state index contributed by atoms with van der Waals surface area (Å²) in [7, 11) is 0. The average Bonchev–Trinajstić information content (AvgIpc) is 2.99. The Balaban J connectivity index is 1.59. The van der Waals surface area contributed by atoms with Crippen molar-refractivity contribution in [3.8, 4) is 0 Å². The molecule has 104 valence electrons. The van der Waals surface area contributed by atoms with E-state index in [4.69, 9.17) is 4.52 Å². The first kappa shape index (κ1) is 13.0. The molecule has 19 heavy (non-hydrogen) atoms. The number of amidine groups is 1. The van der Waals surface area contributed by atoms with Crippen LogP contribution in [0.2, 0.25) is 0 Å². The van der Waals surface area contributed by atoms with Crippen LogP contribution in [0.4, 0.5) is 0 Å². The number of aromatic nitrogens is 2. The minimum absolute atomic E-state index is 0.295. The van der Waals surface area contributed by atoms with Gasteiger partial charge in [-0.1, -0.05) is 23.8 Å². The molecule has 3 rings (SSSR count). The highest BCUT2D eigenvalue weighted by atomic mass is 32.2. The molecule has 0 amide bonds. The molecule has 5 nitrogen and oxygen atoms in total. The fraction of sp³-hybridized carbons (Fsp3) is 0.769. The molecule has 1 aromatic heterocycles. The Hall–Kier alpha value is -1.04. The minimum atomic E-state index is 0.295. The summed E-state index contributed by atoms with van der Waals surface area (Å²) >= 11 is 1.83. The second-order valence-electron chi connectivity index (χ2n) is 5.73. The maximum absolute atomic E-state index is 4.94. The van der Waals surface area contributed by atoms with Crippen molar-refractivity contribution in [2.24, 2.45) is 10.9 Å². The Morgan fingerprint density at radius 3 is 2.95 bits per heavy atom. The second-order valence-corrected chi connectivity index (χ2v) is 6.69.